The van der Waals surface area contributed by atoms with Crippen molar-refractivity contribution >= 4 is 5.97 Å². The highest BCUT2D eigenvalue weighted by Gasteiger charge is 2.08. The van der Waals surface area contributed by atoms with Gasteiger partial charge in [-0.25, -0.2) is 4.68 Å². The fourth-order valence-corrected chi connectivity index (χ4v) is 0.883. The summed E-state index contributed by atoms with van der Waals surface area (Å²) in [5, 5.41) is 19.1. The minimum absolute atomic E-state index is 0.170. The van der Waals surface area contributed by atoms with Crippen LogP contribution in [0.1, 0.15) is 5.82 Å². The predicted octanol–water partition coefficient (Wildman–Crippen LogP) is -1.08. The highest BCUT2D eigenvalue weighted by molar-refractivity contribution is 5.66. The quantitative estimate of drug-likeness (QED) is 0.578. The molecule has 0 aliphatic heterocycles. The third-order valence-electron chi connectivity index (χ3n) is 1.55. The van der Waals surface area contributed by atoms with Crippen molar-refractivity contribution in [3.8, 4) is 0 Å². The summed E-state index contributed by atoms with van der Waals surface area (Å²) in [5.41, 5.74) is 0. The summed E-state index contributed by atoms with van der Waals surface area (Å²) >= 11 is 0. The molecule has 0 saturated heterocycles. The van der Waals surface area contributed by atoms with Crippen molar-refractivity contribution in [3.05, 3.63) is 5.82 Å². The van der Waals surface area contributed by atoms with Crippen molar-refractivity contribution < 1.29 is 19.4 Å². The van der Waals surface area contributed by atoms with E-state index >= 15 is 0 Å². The third-order valence-corrected chi connectivity index (χ3v) is 1.55. The first-order chi connectivity index (χ1) is 7.24. The van der Waals surface area contributed by atoms with E-state index in [0.29, 0.717) is 19.0 Å². The summed E-state index contributed by atoms with van der Waals surface area (Å²) in [6, 6.07) is 0. The zero-order chi connectivity index (χ0) is 11.1. The molecule has 15 heavy (non-hydrogen) atoms. The molecule has 0 amide bonds. The fourth-order valence-electron chi connectivity index (χ4n) is 0.883. The lowest BCUT2D eigenvalue weighted by Crippen LogP contribution is -2.14. The number of nitrogens with zero attached hydrogens (tertiary/aromatic N) is 4. The van der Waals surface area contributed by atoms with Crippen LogP contribution in [-0.2, 0) is 27.4 Å². The van der Waals surface area contributed by atoms with E-state index in [2.05, 4.69) is 15.5 Å². The molecule has 1 aromatic rings. The molecule has 1 heterocycles. The summed E-state index contributed by atoms with van der Waals surface area (Å²) in [6.07, 6.45) is 0. The molecular weight excluding hydrogens is 204 g/mol. The summed E-state index contributed by atoms with van der Waals surface area (Å²) in [7, 11) is 1.57. The van der Waals surface area contributed by atoms with Crippen molar-refractivity contribution in [1.29, 1.82) is 0 Å². The lowest BCUT2D eigenvalue weighted by atomic mass is 10.6. The lowest BCUT2D eigenvalue weighted by molar-refractivity contribution is -0.138. The van der Waals surface area contributed by atoms with Gasteiger partial charge >= 0.3 is 5.97 Å². The maximum absolute atomic E-state index is 10.4. The standard InChI is InChI=1S/C7H12N4O4/c1-14-2-3-15-5-6-8-9-10-11(6)4-7(12)13/h2-5H2,1H3,(H,12,13). The molecule has 0 saturated carbocycles. The van der Waals surface area contributed by atoms with Gasteiger partial charge in [-0.15, -0.1) is 5.10 Å². The van der Waals surface area contributed by atoms with Gasteiger partial charge in [0.1, 0.15) is 13.2 Å². The average molecular weight is 216 g/mol. The van der Waals surface area contributed by atoms with E-state index < -0.39 is 5.97 Å². The molecule has 0 bridgehead atoms. The molecule has 0 radical (unpaired) electrons. The van der Waals surface area contributed by atoms with Crippen LogP contribution in [-0.4, -0.2) is 51.6 Å². The summed E-state index contributed by atoms with van der Waals surface area (Å²) in [4.78, 5) is 10.4. The van der Waals surface area contributed by atoms with Crippen LogP contribution in [0.5, 0.6) is 0 Å². The number of tetrazole rings is 1. The maximum atomic E-state index is 10.4. The number of ether oxygens (including phenoxy) is 2. The fraction of sp³-hybridized carbons (Fsp3) is 0.714. The molecule has 8 nitrogen and oxygen atoms in total. The second-order valence-corrected chi connectivity index (χ2v) is 2.69. The first kappa shape index (κ1) is 11.5. The van der Waals surface area contributed by atoms with Crippen molar-refractivity contribution in [2.75, 3.05) is 20.3 Å². The van der Waals surface area contributed by atoms with Crippen LogP contribution < -0.4 is 0 Å². The summed E-state index contributed by atoms with van der Waals surface area (Å²) in [5.74, 6) is -0.617. The summed E-state index contributed by atoms with van der Waals surface area (Å²) < 4.78 is 11.1. The minimum Gasteiger partial charge on any atom is -0.480 e. The molecule has 0 spiro atoms. The average Bonchev–Trinajstić information content (AvgIpc) is 2.59. The number of aromatic nitrogens is 4. The highest BCUT2D eigenvalue weighted by atomic mass is 16.5. The van der Waals surface area contributed by atoms with Gasteiger partial charge in [0.25, 0.3) is 0 Å². The van der Waals surface area contributed by atoms with Crippen LogP contribution in [0.25, 0.3) is 0 Å². The van der Waals surface area contributed by atoms with Crippen molar-refractivity contribution in [2.45, 2.75) is 13.2 Å². The smallest absolute Gasteiger partial charge is 0.325 e. The van der Waals surface area contributed by atoms with E-state index in [1.54, 1.807) is 7.11 Å². The van der Waals surface area contributed by atoms with Crippen LogP contribution in [0.2, 0.25) is 0 Å². The van der Waals surface area contributed by atoms with Gasteiger partial charge in [-0.2, -0.15) is 0 Å². The Bertz CT molecular complexity index is 314. The van der Waals surface area contributed by atoms with E-state index in [-0.39, 0.29) is 13.2 Å². The maximum Gasteiger partial charge on any atom is 0.325 e. The zero-order valence-electron chi connectivity index (χ0n) is 8.29. The van der Waals surface area contributed by atoms with Crippen LogP contribution in [0.3, 0.4) is 0 Å². The number of methoxy groups -OCH3 is 1. The Hall–Kier alpha value is -1.54. The Morgan fingerprint density at radius 1 is 1.53 bits per heavy atom. The molecule has 0 aliphatic carbocycles. The monoisotopic (exact) mass is 216 g/mol. The second-order valence-electron chi connectivity index (χ2n) is 2.69. The number of rotatable bonds is 7. The zero-order valence-corrected chi connectivity index (χ0v) is 8.29. The molecule has 0 aromatic carbocycles. The Labute approximate surface area is 85.8 Å². The van der Waals surface area contributed by atoms with Crippen molar-refractivity contribution in [1.82, 2.24) is 20.2 Å². The van der Waals surface area contributed by atoms with Gasteiger partial charge in [0.05, 0.1) is 13.2 Å². The third kappa shape index (κ3) is 4.00. The van der Waals surface area contributed by atoms with E-state index in [4.69, 9.17) is 14.6 Å². The number of hydrogen-bond acceptors (Lipinski definition) is 6. The SMILES string of the molecule is COCCOCc1nnnn1CC(=O)O. The van der Waals surface area contributed by atoms with Crippen LogP contribution in [0, 0.1) is 0 Å². The topological polar surface area (TPSA) is 99.4 Å². The Kier molecular flexibility index (Phi) is 4.64. The van der Waals surface area contributed by atoms with Gasteiger partial charge in [0.15, 0.2) is 5.82 Å². The number of aliphatic carboxylic acids is 1. The van der Waals surface area contributed by atoms with Crippen molar-refractivity contribution in [2.24, 2.45) is 0 Å². The molecule has 0 fully saturated rings. The number of hydrogen-bond donors (Lipinski definition) is 1. The van der Waals surface area contributed by atoms with Gasteiger partial charge in [-0.05, 0) is 10.4 Å². The van der Waals surface area contributed by atoms with E-state index in [0.717, 1.165) is 0 Å². The molecule has 8 heteroatoms. The normalized spacial score (nSPS) is 10.5. The molecule has 84 valence electrons. The Morgan fingerprint density at radius 3 is 3.00 bits per heavy atom. The van der Waals surface area contributed by atoms with Crippen LogP contribution in [0.15, 0.2) is 0 Å². The molecule has 0 aliphatic rings. The minimum atomic E-state index is -1.000. The number of carboxylic acids is 1. The first-order valence-electron chi connectivity index (χ1n) is 4.27. The number of carbonyl (C=O) groups is 1. The Balaban J connectivity index is 2.39. The molecule has 1 aromatic heterocycles. The van der Waals surface area contributed by atoms with Gasteiger partial charge in [-0.1, -0.05) is 0 Å². The molecule has 0 unspecified atom stereocenters. The van der Waals surface area contributed by atoms with Gasteiger partial charge in [0.2, 0.25) is 0 Å². The van der Waals surface area contributed by atoms with E-state index in [9.17, 15) is 4.79 Å². The van der Waals surface area contributed by atoms with Crippen LogP contribution >= 0.6 is 0 Å². The lowest BCUT2D eigenvalue weighted by Gasteiger charge is -2.02. The van der Waals surface area contributed by atoms with E-state index in [1.807, 2.05) is 0 Å². The highest BCUT2D eigenvalue weighted by Crippen LogP contribution is 1.95. The molecule has 1 N–H and O–H groups in total. The molecule has 1 rings (SSSR count). The molecule has 0 atom stereocenters. The van der Waals surface area contributed by atoms with Crippen molar-refractivity contribution in [3.63, 3.8) is 0 Å². The van der Waals surface area contributed by atoms with Gasteiger partial charge in [-0.3, -0.25) is 4.79 Å². The molecular formula is C7H12N4O4. The van der Waals surface area contributed by atoms with E-state index in [1.165, 1.54) is 4.68 Å². The Morgan fingerprint density at radius 2 is 2.33 bits per heavy atom. The predicted molar refractivity (Wildman–Crippen MR) is 47.0 cm³/mol. The number of carboxylic acid groups (broad SMARTS) is 1. The van der Waals surface area contributed by atoms with Gasteiger partial charge < -0.3 is 14.6 Å². The largest absolute Gasteiger partial charge is 0.480 e. The second kappa shape index (κ2) is 6.04. The summed E-state index contributed by atoms with van der Waals surface area (Å²) in [6.45, 7) is 0.788. The van der Waals surface area contributed by atoms with Crippen LogP contribution in [0.4, 0.5) is 0 Å². The first-order valence-corrected chi connectivity index (χ1v) is 4.27. The van der Waals surface area contributed by atoms with Gasteiger partial charge in [0, 0.05) is 7.11 Å².